The molecule has 0 aliphatic heterocycles. The predicted octanol–water partition coefficient (Wildman–Crippen LogP) is 2.95. The van der Waals surface area contributed by atoms with E-state index in [1.165, 1.54) is 6.07 Å². The molecule has 0 unspecified atom stereocenters. The Balaban J connectivity index is 2.15. The molecule has 0 saturated carbocycles. The molecule has 0 bridgehead atoms. The van der Waals surface area contributed by atoms with Crippen LogP contribution in [0.1, 0.15) is 5.56 Å². The number of rotatable bonds is 2. The summed E-state index contributed by atoms with van der Waals surface area (Å²) in [7, 11) is 0. The Bertz CT molecular complexity index is 735. The number of hydrogen-bond acceptors (Lipinski definition) is 2. The zero-order valence-corrected chi connectivity index (χ0v) is 9.98. The molecule has 0 radical (unpaired) electrons. The minimum absolute atomic E-state index is 0.0924. The van der Waals surface area contributed by atoms with Crippen LogP contribution in [0.4, 0.5) is 14.7 Å². The summed E-state index contributed by atoms with van der Waals surface area (Å²) < 4.78 is 28.5. The van der Waals surface area contributed by atoms with Gasteiger partial charge in [0.15, 0.2) is 5.82 Å². The molecule has 0 atom stereocenters. The summed E-state index contributed by atoms with van der Waals surface area (Å²) in [5, 5.41) is 0. The largest absolute Gasteiger partial charge is 0.369 e. The number of imidazole rings is 1. The molecule has 0 aliphatic carbocycles. The number of anilines is 1. The number of aromatic nitrogens is 2. The van der Waals surface area contributed by atoms with E-state index in [1.807, 2.05) is 30.3 Å². The lowest BCUT2D eigenvalue weighted by Gasteiger charge is -2.06. The highest BCUT2D eigenvalue weighted by molar-refractivity contribution is 5.79. The van der Waals surface area contributed by atoms with Gasteiger partial charge >= 0.3 is 0 Å². The van der Waals surface area contributed by atoms with Crippen LogP contribution < -0.4 is 5.73 Å². The molecular formula is C14H11F2N3. The summed E-state index contributed by atoms with van der Waals surface area (Å²) in [4.78, 5) is 3.95. The van der Waals surface area contributed by atoms with Gasteiger partial charge in [-0.05, 0) is 5.56 Å². The van der Waals surface area contributed by atoms with E-state index >= 15 is 0 Å². The summed E-state index contributed by atoms with van der Waals surface area (Å²) in [5.41, 5.74) is 7.22. The minimum atomic E-state index is -0.700. The second-order valence-corrected chi connectivity index (χ2v) is 4.30. The summed E-state index contributed by atoms with van der Waals surface area (Å²) in [6.45, 7) is 0.423. The van der Waals surface area contributed by atoms with E-state index in [0.717, 1.165) is 11.6 Å². The third-order valence-corrected chi connectivity index (χ3v) is 2.99. The van der Waals surface area contributed by atoms with E-state index in [4.69, 9.17) is 5.73 Å². The molecule has 2 aromatic carbocycles. The minimum Gasteiger partial charge on any atom is -0.369 e. The van der Waals surface area contributed by atoms with Gasteiger partial charge < -0.3 is 10.3 Å². The SMILES string of the molecule is Nc1nc2c(F)cc(F)cc2n1Cc1ccccc1. The highest BCUT2D eigenvalue weighted by Gasteiger charge is 2.13. The first-order valence-electron chi connectivity index (χ1n) is 5.80. The number of hydrogen-bond donors (Lipinski definition) is 1. The number of nitrogens with two attached hydrogens (primary N) is 1. The van der Waals surface area contributed by atoms with E-state index in [1.54, 1.807) is 4.57 Å². The Morgan fingerprint density at radius 2 is 1.84 bits per heavy atom. The van der Waals surface area contributed by atoms with E-state index in [9.17, 15) is 8.78 Å². The number of halogens is 2. The van der Waals surface area contributed by atoms with Gasteiger partial charge in [-0.2, -0.15) is 0 Å². The van der Waals surface area contributed by atoms with Crippen molar-refractivity contribution in [2.24, 2.45) is 0 Å². The maximum absolute atomic E-state index is 13.6. The molecule has 0 aliphatic rings. The van der Waals surface area contributed by atoms with Crippen molar-refractivity contribution in [1.29, 1.82) is 0 Å². The van der Waals surface area contributed by atoms with Crippen molar-refractivity contribution >= 4 is 17.0 Å². The highest BCUT2D eigenvalue weighted by atomic mass is 19.1. The van der Waals surface area contributed by atoms with Crippen molar-refractivity contribution in [2.45, 2.75) is 6.54 Å². The van der Waals surface area contributed by atoms with E-state index in [-0.39, 0.29) is 11.5 Å². The van der Waals surface area contributed by atoms with E-state index in [2.05, 4.69) is 4.98 Å². The van der Waals surface area contributed by atoms with Crippen molar-refractivity contribution < 1.29 is 8.78 Å². The van der Waals surface area contributed by atoms with Crippen molar-refractivity contribution in [3.63, 3.8) is 0 Å². The molecular weight excluding hydrogens is 248 g/mol. The summed E-state index contributed by atoms with van der Waals surface area (Å²) >= 11 is 0. The normalized spacial score (nSPS) is 11.1. The smallest absolute Gasteiger partial charge is 0.201 e. The maximum Gasteiger partial charge on any atom is 0.201 e. The molecule has 5 heteroatoms. The topological polar surface area (TPSA) is 43.8 Å². The maximum atomic E-state index is 13.6. The molecule has 3 nitrogen and oxygen atoms in total. The average Bonchev–Trinajstić information content (AvgIpc) is 2.69. The van der Waals surface area contributed by atoms with Gasteiger partial charge in [0.05, 0.1) is 12.1 Å². The van der Waals surface area contributed by atoms with Gasteiger partial charge in [0.2, 0.25) is 5.95 Å². The standard InChI is InChI=1S/C14H11F2N3/c15-10-6-11(16)13-12(7-10)19(14(17)18-13)8-9-4-2-1-3-5-9/h1-7H,8H2,(H2,17,18). The second kappa shape index (κ2) is 4.35. The first-order chi connectivity index (χ1) is 9.15. The predicted molar refractivity (Wildman–Crippen MR) is 69.6 cm³/mol. The second-order valence-electron chi connectivity index (χ2n) is 4.30. The van der Waals surface area contributed by atoms with Crippen LogP contribution in [-0.2, 0) is 6.54 Å². The fourth-order valence-corrected chi connectivity index (χ4v) is 2.10. The van der Waals surface area contributed by atoms with Gasteiger partial charge in [0, 0.05) is 12.1 Å². The van der Waals surface area contributed by atoms with Crippen LogP contribution in [0, 0.1) is 11.6 Å². The third kappa shape index (κ3) is 2.03. The van der Waals surface area contributed by atoms with Gasteiger partial charge in [0.1, 0.15) is 11.3 Å². The number of nitrogen functional groups attached to an aromatic ring is 1. The molecule has 3 rings (SSSR count). The summed E-state index contributed by atoms with van der Waals surface area (Å²) in [5.74, 6) is -1.17. The molecule has 1 aromatic heterocycles. The number of benzene rings is 2. The molecule has 2 N–H and O–H groups in total. The van der Waals surface area contributed by atoms with Crippen LogP contribution in [0.25, 0.3) is 11.0 Å². The van der Waals surface area contributed by atoms with Gasteiger partial charge in [-0.15, -0.1) is 0 Å². The lowest BCUT2D eigenvalue weighted by Crippen LogP contribution is -2.04. The summed E-state index contributed by atoms with van der Waals surface area (Å²) in [6, 6.07) is 11.6. The van der Waals surface area contributed by atoms with E-state index in [0.29, 0.717) is 12.1 Å². The van der Waals surface area contributed by atoms with Gasteiger partial charge in [-0.25, -0.2) is 13.8 Å². The lowest BCUT2D eigenvalue weighted by molar-refractivity contribution is 0.590. The molecule has 0 fully saturated rings. The Hall–Kier alpha value is -2.43. The van der Waals surface area contributed by atoms with Crippen LogP contribution in [0.3, 0.4) is 0 Å². The molecule has 1 heterocycles. The molecule has 0 amide bonds. The highest BCUT2D eigenvalue weighted by Crippen LogP contribution is 2.23. The molecule has 3 aromatic rings. The molecule has 19 heavy (non-hydrogen) atoms. The monoisotopic (exact) mass is 259 g/mol. The Morgan fingerprint density at radius 3 is 2.58 bits per heavy atom. The number of nitrogens with zero attached hydrogens (tertiary/aromatic N) is 2. The van der Waals surface area contributed by atoms with Crippen LogP contribution in [-0.4, -0.2) is 9.55 Å². The zero-order valence-electron chi connectivity index (χ0n) is 9.98. The van der Waals surface area contributed by atoms with Crippen molar-refractivity contribution in [2.75, 3.05) is 5.73 Å². The molecule has 96 valence electrons. The fourth-order valence-electron chi connectivity index (χ4n) is 2.10. The first kappa shape index (κ1) is 11.6. The van der Waals surface area contributed by atoms with Crippen LogP contribution in [0.15, 0.2) is 42.5 Å². The molecule has 0 saturated heterocycles. The Kier molecular flexibility index (Phi) is 2.67. The average molecular weight is 259 g/mol. The van der Waals surface area contributed by atoms with E-state index < -0.39 is 11.6 Å². The van der Waals surface area contributed by atoms with Crippen LogP contribution in [0.2, 0.25) is 0 Å². The van der Waals surface area contributed by atoms with Crippen molar-refractivity contribution in [3.05, 3.63) is 59.7 Å². The van der Waals surface area contributed by atoms with Gasteiger partial charge in [0.25, 0.3) is 0 Å². The van der Waals surface area contributed by atoms with Gasteiger partial charge in [-0.3, -0.25) is 0 Å². The third-order valence-electron chi connectivity index (χ3n) is 2.99. The quantitative estimate of drug-likeness (QED) is 0.769. The van der Waals surface area contributed by atoms with Crippen LogP contribution in [0.5, 0.6) is 0 Å². The summed E-state index contributed by atoms with van der Waals surface area (Å²) in [6.07, 6.45) is 0. The lowest BCUT2D eigenvalue weighted by atomic mass is 10.2. The van der Waals surface area contributed by atoms with Crippen molar-refractivity contribution in [3.8, 4) is 0 Å². The Morgan fingerprint density at radius 1 is 1.11 bits per heavy atom. The zero-order chi connectivity index (χ0) is 13.4. The first-order valence-corrected chi connectivity index (χ1v) is 5.80. The van der Waals surface area contributed by atoms with Gasteiger partial charge in [-0.1, -0.05) is 30.3 Å². The van der Waals surface area contributed by atoms with Crippen molar-refractivity contribution in [1.82, 2.24) is 9.55 Å². The number of fused-ring (bicyclic) bond motifs is 1. The molecule has 0 spiro atoms. The Labute approximate surface area is 108 Å². The fraction of sp³-hybridized carbons (Fsp3) is 0.0714. The van der Waals surface area contributed by atoms with Crippen LogP contribution >= 0.6 is 0 Å².